The molecule has 5 nitrogen and oxygen atoms in total. The van der Waals surface area contributed by atoms with Gasteiger partial charge in [-0.1, -0.05) is 0 Å². The number of aromatic amines is 1. The summed E-state index contributed by atoms with van der Waals surface area (Å²) in [6.45, 7) is 0. The van der Waals surface area contributed by atoms with Gasteiger partial charge in [-0.15, -0.1) is 0 Å². The Balaban J connectivity index is 2.21. The lowest BCUT2D eigenvalue weighted by Crippen LogP contribution is -2.10. The van der Waals surface area contributed by atoms with Gasteiger partial charge in [-0.3, -0.25) is 4.79 Å². The fraction of sp³-hybridized carbons (Fsp3) is 0.300. The number of nitrogens with two attached hydrogens (primary N) is 1. The van der Waals surface area contributed by atoms with Crippen molar-refractivity contribution in [3.63, 3.8) is 0 Å². The van der Waals surface area contributed by atoms with Crippen LogP contribution in [0.25, 0.3) is 11.2 Å². The van der Waals surface area contributed by atoms with Crippen molar-refractivity contribution in [1.29, 1.82) is 0 Å². The van der Waals surface area contributed by atoms with Gasteiger partial charge in [0.25, 0.3) is 5.91 Å². The quantitative estimate of drug-likeness (QED) is 0.759. The van der Waals surface area contributed by atoms with E-state index in [4.69, 9.17) is 5.73 Å². The van der Waals surface area contributed by atoms with E-state index < -0.39 is 5.91 Å². The van der Waals surface area contributed by atoms with Gasteiger partial charge in [0.2, 0.25) is 0 Å². The zero-order chi connectivity index (χ0) is 10.4. The smallest absolute Gasteiger partial charge is 0.252 e. The van der Waals surface area contributed by atoms with Gasteiger partial charge in [-0.05, 0) is 12.8 Å². The summed E-state index contributed by atoms with van der Waals surface area (Å²) in [7, 11) is 0. The second kappa shape index (κ2) is 2.79. The standard InChI is InChI=1S/C10H10N4O/c11-9(15)6-3-12-10-8(6)14-7(4-13-10)5-1-2-5/h3-5H,1-2H2,(H2,11,15)(H,12,13). The van der Waals surface area contributed by atoms with Crippen LogP contribution in [0.1, 0.15) is 34.8 Å². The molecule has 0 spiro atoms. The zero-order valence-electron chi connectivity index (χ0n) is 8.03. The average Bonchev–Trinajstić information content (AvgIpc) is 2.97. The number of amides is 1. The number of H-pyrrole nitrogens is 1. The van der Waals surface area contributed by atoms with Crippen LogP contribution < -0.4 is 5.73 Å². The molecule has 3 rings (SSSR count). The van der Waals surface area contributed by atoms with Crippen molar-refractivity contribution >= 4 is 17.1 Å². The monoisotopic (exact) mass is 202 g/mol. The van der Waals surface area contributed by atoms with Gasteiger partial charge >= 0.3 is 0 Å². The maximum Gasteiger partial charge on any atom is 0.252 e. The number of hydrogen-bond acceptors (Lipinski definition) is 3. The van der Waals surface area contributed by atoms with Crippen LogP contribution in [0.4, 0.5) is 0 Å². The number of nitrogens with zero attached hydrogens (tertiary/aromatic N) is 2. The number of nitrogens with one attached hydrogen (secondary N) is 1. The van der Waals surface area contributed by atoms with Crippen LogP contribution in [-0.2, 0) is 0 Å². The van der Waals surface area contributed by atoms with E-state index in [0.29, 0.717) is 22.6 Å². The molecule has 0 aliphatic heterocycles. The first-order valence-electron chi connectivity index (χ1n) is 4.89. The fourth-order valence-corrected chi connectivity index (χ4v) is 1.67. The molecule has 3 N–H and O–H groups in total. The van der Waals surface area contributed by atoms with E-state index in [2.05, 4.69) is 15.0 Å². The van der Waals surface area contributed by atoms with E-state index >= 15 is 0 Å². The lowest BCUT2D eigenvalue weighted by molar-refractivity contribution is 0.100. The summed E-state index contributed by atoms with van der Waals surface area (Å²) >= 11 is 0. The highest BCUT2D eigenvalue weighted by atomic mass is 16.1. The van der Waals surface area contributed by atoms with Crippen molar-refractivity contribution in [3.05, 3.63) is 23.7 Å². The molecule has 0 radical (unpaired) electrons. The molecule has 1 fully saturated rings. The van der Waals surface area contributed by atoms with Crippen LogP contribution in [0.2, 0.25) is 0 Å². The van der Waals surface area contributed by atoms with Gasteiger partial charge in [0.05, 0.1) is 17.5 Å². The molecule has 76 valence electrons. The van der Waals surface area contributed by atoms with Crippen LogP contribution >= 0.6 is 0 Å². The molecule has 5 heteroatoms. The first-order valence-corrected chi connectivity index (χ1v) is 4.89. The average molecular weight is 202 g/mol. The van der Waals surface area contributed by atoms with Crippen molar-refractivity contribution in [2.75, 3.05) is 0 Å². The molecule has 2 aromatic heterocycles. The minimum absolute atomic E-state index is 0.417. The van der Waals surface area contributed by atoms with E-state index in [0.717, 1.165) is 18.5 Å². The summed E-state index contributed by atoms with van der Waals surface area (Å²) in [5.74, 6) is 0.0565. The van der Waals surface area contributed by atoms with Crippen LogP contribution in [0.3, 0.4) is 0 Å². The molecule has 0 atom stereocenters. The highest BCUT2D eigenvalue weighted by Crippen LogP contribution is 2.39. The Kier molecular flexibility index (Phi) is 1.56. The molecule has 1 amide bonds. The maximum absolute atomic E-state index is 11.1. The normalized spacial score (nSPS) is 15.7. The Labute approximate surface area is 85.7 Å². The minimum Gasteiger partial charge on any atom is -0.365 e. The molecule has 0 unspecified atom stereocenters. The molecule has 0 saturated heterocycles. The number of carbonyl (C=O) groups excluding carboxylic acids is 1. The van der Waals surface area contributed by atoms with Crippen molar-refractivity contribution in [2.45, 2.75) is 18.8 Å². The fourth-order valence-electron chi connectivity index (χ4n) is 1.67. The Morgan fingerprint density at radius 2 is 2.33 bits per heavy atom. The summed E-state index contributed by atoms with van der Waals surface area (Å²) in [6, 6.07) is 0. The number of carbonyl (C=O) groups is 1. The molecule has 1 aliphatic rings. The van der Waals surface area contributed by atoms with Crippen molar-refractivity contribution in [3.8, 4) is 0 Å². The van der Waals surface area contributed by atoms with Crippen molar-refractivity contribution in [1.82, 2.24) is 15.0 Å². The molecular formula is C10H10N4O. The summed E-state index contributed by atoms with van der Waals surface area (Å²) < 4.78 is 0. The molecule has 1 saturated carbocycles. The second-order valence-corrected chi connectivity index (χ2v) is 3.83. The topological polar surface area (TPSA) is 84.7 Å². The minimum atomic E-state index is -0.469. The third-order valence-corrected chi connectivity index (χ3v) is 2.66. The Hall–Kier alpha value is -1.91. The highest BCUT2D eigenvalue weighted by Gasteiger charge is 2.26. The molecular weight excluding hydrogens is 192 g/mol. The predicted octanol–water partition coefficient (Wildman–Crippen LogP) is 0.934. The van der Waals surface area contributed by atoms with Gasteiger partial charge in [-0.2, -0.15) is 0 Å². The lowest BCUT2D eigenvalue weighted by Gasteiger charge is -1.97. The largest absolute Gasteiger partial charge is 0.365 e. The Bertz CT molecular complexity index is 541. The van der Waals surface area contributed by atoms with E-state index in [1.807, 2.05) is 0 Å². The first kappa shape index (κ1) is 8.40. The molecule has 2 aromatic rings. The lowest BCUT2D eigenvalue weighted by atomic mass is 10.2. The van der Waals surface area contributed by atoms with E-state index in [1.54, 1.807) is 12.4 Å². The molecule has 1 aliphatic carbocycles. The number of rotatable bonds is 2. The molecule has 15 heavy (non-hydrogen) atoms. The Morgan fingerprint density at radius 1 is 1.53 bits per heavy atom. The highest BCUT2D eigenvalue weighted by molar-refractivity contribution is 6.03. The second-order valence-electron chi connectivity index (χ2n) is 3.83. The molecule has 2 heterocycles. The zero-order valence-corrected chi connectivity index (χ0v) is 8.03. The van der Waals surface area contributed by atoms with Gasteiger partial charge in [0.15, 0.2) is 5.65 Å². The summed E-state index contributed by atoms with van der Waals surface area (Å²) in [4.78, 5) is 22.6. The summed E-state index contributed by atoms with van der Waals surface area (Å²) in [6.07, 6.45) is 5.65. The number of hydrogen-bond donors (Lipinski definition) is 2. The summed E-state index contributed by atoms with van der Waals surface area (Å²) in [5, 5.41) is 0. The predicted molar refractivity (Wildman–Crippen MR) is 54.4 cm³/mol. The number of fused-ring (bicyclic) bond motifs is 1. The van der Waals surface area contributed by atoms with Crippen LogP contribution in [0.15, 0.2) is 12.4 Å². The van der Waals surface area contributed by atoms with E-state index in [-0.39, 0.29) is 0 Å². The third kappa shape index (κ3) is 1.27. The maximum atomic E-state index is 11.1. The van der Waals surface area contributed by atoms with Gasteiger partial charge in [0, 0.05) is 12.1 Å². The van der Waals surface area contributed by atoms with Gasteiger partial charge < -0.3 is 10.7 Å². The number of aromatic nitrogens is 3. The Morgan fingerprint density at radius 3 is 3.00 bits per heavy atom. The molecule has 0 aromatic carbocycles. The first-order chi connectivity index (χ1) is 7.25. The SMILES string of the molecule is NC(=O)c1c[nH]c2ncc(C3CC3)nc12. The van der Waals surface area contributed by atoms with Crippen molar-refractivity contribution in [2.24, 2.45) is 5.73 Å². The van der Waals surface area contributed by atoms with E-state index in [9.17, 15) is 4.79 Å². The molecule has 0 bridgehead atoms. The van der Waals surface area contributed by atoms with E-state index in [1.165, 1.54) is 0 Å². The van der Waals surface area contributed by atoms with Crippen LogP contribution in [0, 0.1) is 0 Å². The van der Waals surface area contributed by atoms with Crippen LogP contribution in [-0.4, -0.2) is 20.9 Å². The van der Waals surface area contributed by atoms with Crippen LogP contribution in [0.5, 0.6) is 0 Å². The number of primary amides is 1. The van der Waals surface area contributed by atoms with Gasteiger partial charge in [0.1, 0.15) is 5.52 Å². The summed E-state index contributed by atoms with van der Waals surface area (Å²) in [5.41, 5.74) is 7.83. The third-order valence-electron chi connectivity index (χ3n) is 2.66. The van der Waals surface area contributed by atoms with Crippen molar-refractivity contribution < 1.29 is 4.79 Å². The van der Waals surface area contributed by atoms with Gasteiger partial charge in [-0.25, -0.2) is 9.97 Å².